The van der Waals surface area contributed by atoms with Crippen LogP contribution in [0.4, 0.5) is 10.1 Å². The summed E-state index contributed by atoms with van der Waals surface area (Å²) in [7, 11) is -3.90. The van der Waals surface area contributed by atoms with E-state index in [1.54, 1.807) is 12.3 Å². The smallest absolute Gasteiger partial charge is 0.261 e. The molecule has 0 saturated carbocycles. The van der Waals surface area contributed by atoms with Crippen molar-refractivity contribution in [3.8, 4) is 23.3 Å². The minimum atomic E-state index is -3.90. The predicted octanol–water partition coefficient (Wildman–Crippen LogP) is 6.38. The van der Waals surface area contributed by atoms with Crippen LogP contribution in [0.5, 0.6) is 11.5 Å². The van der Waals surface area contributed by atoms with E-state index in [0.29, 0.717) is 22.8 Å². The van der Waals surface area contributed by atoms with Gasteiger partial charge in [0.25, 0.3) is 10.0 Å². The highest BCUT2D eigenvalue weighted by Gasteiger charge is 2.16. The standard InChI is InChI=1S/C26H23ClFN3O3S2/c1-3-31(4-2)15-5-6-20-17-23-26(35-20)25(13-14-29-23)34-24-12-9-19(16-22(24)28)30-36(32,33)21-10-7-18(27)8-11-21/h7-14,16-17,30H,3-4,15H2,1-2H3. The third-order valence-corrected chi connectivity index (χ3v) is 8.02. The summed E-state index contributed by atoms with van der Waals surface area (Å²) < 4.78 is 49.0. The van der Waals surface area contributed by atoms with Crippen LogP contribution in [0.1, 0.15) is 18.7 Å². The second kappa shape index (κ2) is 11.3. The van der Waals surface area contributed by atoms with Crippen molar-refractivity contribution in [2.24, 2.45) is 0 Å². The van der Waals surface area contributed by atoms with Gasteiger partial charge in [0.2, 0.25) is 0 Å². The Hall–Kier alpha value is -3.16. The largest absolute Gasteiger partial charge is 0.453 e. The second-order valence-corrected chi connectivity index (χ2v) is 10.9. The van der Waals surface area contributed by atoms with Crippen molar-refractivity contribution in [3.63, 3.8) is 0 Å². The van der Waals surface area contributed by atoms with Gasteiger partial charge in [-0.05, 0) is 55.6 Å². The maximum atomic E-state index is 14.9. The molecular weight excluding hydrogens is 521 g/mol. The van der Waals surface area contributed by atoms with Gasteiger partial charge in [0.05, 0.1) is 32.2 Å². The van der Waals surface area contributed by atoms with Crippen molar-refractivity contribution >= 4 is 48.9 Å². The monoisotopic (exact) mass is 543 g/mol. The number of benzene rings is 2. The van der Waals surface area contributed by atoms with Gasteiger partial charge in [0.1, 0.15) is 5.75 Å². The van der Waals surface area contributed by atoms with E-state index in [-0.39, 0.29) is 16.3 Å². The molecule has 1 N–H and O–H groups in total. The highest BCUT2D eigenvalue weighted by molar-refractivity contribution is 7.92. The summed E-state index contributed by atoms with van der Waals surface area (Å²) in [5.41, 5.74) is 0.772. The van der Waals surface area contributed by atoms with Gasteiger partial charge >= 0.3 is 0 Å². The number of aromatic nitrogens is 1. The first-order chi connectivity index (χ1) is 17.3. The van der Waals surface area contributed by atoms with Crippen LogP contribution in [0.15, 0.2) is 65.7 Å². The van der Waals surface area contributed by atoms with E-state index in [9.17, 15) is 12.8 Å². The van der Waals surface area contributed by atoms with Crippen LogP contribution >= 0.6 is 22.9 Å². The topological polar surface area (TPSA) is 71.5 Å². The minimum Gasteiger partial charge on any atom is -0.453 e. The fourth-order valence-electron chi connectivity index (χ4n) is 3.34. The van der Waals surface area contributed by atoms with Crippen LogP contribution < -0.4 is 9.46 Å². The lowest BCUT2D eigenvalue weighted by molar-refractivity contribution is 0.342. The lowest BCUT2D eigenvalue weighted by Crippen LogP contribution is -2.22. The molecule has 0 unspecified atom stereocenters. The van der Waals surface area contributed by atoms with Crippen molar-refractivity contribution in [1.29, 1.82) is 0 Å². The third kappa shape index (κ3) is 6.15. The van der Waals surface area contributed by atoms with Gasteiger partial charge in [0, 0.05) is 23.4 Å². The molecule has 10 heteroatoms. The fourth-order valence-corrected chi connectivity index (χ4v) is 5.45. The first-order valence-electron chi connectivity index (χ1n) is 11.1. The molecule has 4 rings (SSSR count). The minimum absolute atomic E-state index is 0.0144. The van der Waals surface area contributed by atoms with Gasteiger partial charge in [-0.3, -0.25) is 14.6 Å². The molecule has 0 saturated heterocycles. The second-order valence-electron chi connectivity index (χ2n) is 7.70. The molecule has 0 aliphatic heterocycles. The summed E-state index contributed by atoms with van der Waals surface area (Å²) in [5, 5.41) is 0.413. The molecular formula is C26H23ClFN3O3S2. The van der Waals surface area contributed by atoms with Gasteiger partial charge in [-0.1, -0.05) is 37.3 Å². The first-order valence-corrected chi connectivity index (χ1v) is 13.8. The normalized spacial score (nSPS) is 11.4. The number of sulfonamides is 1. The van der Waals surface area contributed by atoms with Gasteiger partial charge < -0.3 is 4.74 Å². The summed E-state index contributed by atoms with van der Waals surface area (Å²) in [6.45, 7) is 6.74. The Labute approximate surface area is 218 Å². The Morgan fingerprint density at radius 3 is 2.53 bits per heavy atom. The number of ether oxygens (including phenoxy) is 1. The van der Waals surface area contributed by atoms with Crippen LogP contribution in [0.25, 0.3) is 10.2 Å². The number of thiophene rings is 1. The van der Waals surface area contributed by atoms with Crippen LogP contribution in [0, 0.1) is 17.7 Å². The summed E-state index contributed by atoms with van der Waals surface area (Å²) in [4.78, 5) is 7.44. The number of rotatable bonds is 8. The van der Waals surface area contributed by atoms with E-state index >= 15 is 0 Å². The molecule has 2 heterocycles. The van der Waals surface area contributed by atoms with Gasteiger partial charge in [-0.25, -0.2) is 12.8 Å². The molecule has 0 spiro atoms. The van der Waals surface area contributed by atoms with Crippen molar-refractivity contribution in [2.45, 2.75) is 18.7 Å². The maximum absolute atomic E-state index is 14.9. The van der Waals surface area contributed by atoms with Crippen molar-refractivity contribution in [1.82, 2.24) is 9.88 Å². The van der Waals surface area contributed by atoms with E-state index < -0.39 is 15.8 Å². The Kier molecular flexibility index (Phi) is 8.11. The van der Waals surface area contributed by atoms with Crippen molar-refractivity contribution in [3.05, 3.63) is 76.5 Å². The van der Waals surface area contributed by atoms with Gasteiger partial charge in [0.15, 0.2) is 11.6 Å². The Morgan fingerprint density at radius 1 is 1.08 bits per heavy atom. The summed E-state index contributed by atoms with van der Waals surface area (Å²) in [6.07, 6.45) is 1.59. The highest BCUT2D eigenvalue weighted by atomic mass is 35.5. The summed E-state index contributed by atoms with van der Waals surface area (Å²) >= 11 is 7.24. The molecule has 2 aromatic heterocycles. The molecule has 0 bridgehead atoms. The average Bonchev–Trinajstić information content (AvgIpc) is 3.27. The highest BCUT2D eigenvalue weighted by Crippen LogP contribution is 2.36. The molecule has 0 atom stereocenters. The lowest BCUT2D eigenvalue weighted by atomic mass is 10.3. The Morgan fingerprint density at radius 2 is 1.83 bits per heavy atom. The molecule has 36 heavy (non-hydrogen) atoms. The van der Waals surface area contributed by atoms with Gasteiger partial charge in [-0.2, -0.15) is 0 Å². The van der Waals surface area contributed by atoms with Crippen LogP contribution in [0.3, 0.4) is 0 Å². The van der Waals surface area contributed by atoms with Crippen LogP contribution in [-0.4, -0.2) is 37.9 Å². The molecule has 0 radical (unpaired) electrons. The third-order valence-electron chi connectivity index (χ3n) is 5.31. The number of nitrogens with zero attached hydrogens (tertiary/aromatic N) is 2. The van der Waals surface area contributed by atoms with Crippen LogP contribution in [0.2, 0.25) is 5.02 Å². The van der Waals surface area contributed by atoms with Crippen molar-refractivity contribution in [2.75, 3.05) is 24.4 Å². The molecule has 2 aromatic carbocycles. The zero-order chi connectivity index (χ0) is 25.7. The number of pyridine rings is 1. The number of fused-ring (bicyclic) bond motifs is 1. The number of nitrogens with one attached hydrogen (secondary N) is 1. The summed E-state index contributed by atoms with van der Waals surface area (Å²) in [5.74, 6) is 6.03. The SMILES string of the molecule is CCN(CC)CC#Cc1cc2nccc(Oc3ccc(NS(=O)(=O)c4ccc(Cl)cc4)cc3F)c2s1. The summed E-state index contributed by atoms with van der Waals surface area (Å²) in [6, 6.07) is 13.1. The quantitative estimate of drug-likeness (QED) is 0.261. The maximum Gasteiger partial charge on any atom is 0.261 e. The number of hydrogen-bond donors (Lipinski definition) is 1. The molecule has 0 aliphatic carbocycles. The molecule has 186 valence electrons. The Bertz CT molecular complexity index is 1540. The molecule has 0 amide bonds. The number of halogens is 2. The van der Waals surface area contributed by atoms with E-state index in [1.807, 2.05) is 6.07 Å². The van der Waals surface area contributed by atoms with E-state index in [1.165, 1.54) is 47.7 Å². The molecule has 6 nitrogen and oxygen atoms in total. The lowest BCUT2D eigenvalue weighted by Gasteiger charge is -2.12. The van der Waals surface area contributed by atoms with E-state index in [0.717, 1.165) is 28.7 Å². The van der Waals surface area contributed by atoms with E-state index in [2.05, 4.69) is 40.3 Å². The Balaban J connectivity index is 1.52. The molecule has 0 aliphatic rings. The zero-order valence-electron chi connectivity index (χ0n) is 19.6. The molecule has 4 aromatic rings. The predicted molar refractivity (Wildman–Crippen MR) is 143 cm³/mol. The average molecular weight is 544 g/mol. The first kappa shape index (κ1) is 25.9. The van der Waals surface area contributed by atoms with E-state index in [4.69, 9.17) is 16.3 Å². The molecule has 0 fully saturated rings. The number of anilines is 1. The number of hydrogen-bond acceptors (Lipinski definition) is 6. The fraction of sp³-hybridized carbons (Fsp3) is 0.192. The van der Waals surface area contributed by atoms with Crippen molar-refractivity contribution < 1.29 is 17.5 Å². The van der Waals surface area contributed by atoms with Crippen LogP contribution in [-0.2, 0) is 10.0 Å². The zero-order valence-corrected chi connectivity index (χ0v) is 22.0. The van der Waals surface area contributed by atoms with Gasteiger partial charge in [-0.15, -0.1) is 11.3 Å².